The van der Waals surface area contributed by atoms with Gasteiger partial charge in [-0.1, -0.05) is 24.9 Å². The number of aryl methyl sites for hydroxylation is 1. The van der Waals surface area contributed by atoms with E-state index in [0.717, 1.165) is 33.5 Å². The molecule has 0 unspecified atom stereocenters. The second kappa shape index (κ2) is 7.26. The van der Waals surface area contributed by atoms with Crippen molar-refractivity contribution in [3.63, 3.8) is 0 Å². The predicted molar refractivity (Wildman–Crippen MR) is 95.3 cm³/mol. The van der Waals surface area contributed by atoms with Crippen LogP contribution in [0.3, 0.4) is 0 Å². The minimum Gasteiger partial charge on any atom is -0.495 e. The van der Waals surface area contributed by atoms with Crippen LogP contribution in [0.4, 0.5) is 5.82 Å². The number of methoxy groups -OCH3 is 1. The fourth-order valence-corrected chi connectivity index (χ4v) is 3.03. The summed E-state index contributed by atoms with van der Waals surface area (Å²) in [4.78, 5) is 9.25. The van der Waals surface area contributed by atoms with Gasteiger partial charge in [-0.3, -0.25) is 0 Å². The van der Waals surface area contributed by atoms with E-state index >= 15 is 0 Å². The number of benzene rings is 1. The molecule has 1 heterocycles. The summed E-state index contributed by atoms with van der Waals surface area (Å²) in [6.45, 7) is 2.14. The van der Waals surface area contributed by atoms with Gasteiger partial charge in [0.25, 0.3) is 0 Å². The highest BCUT2D eigenvalue weighted by atomic mass is 127. The minimum absolute atomic E-state index is 0.556. The molecule has 1 N–H and O–H groups in total. The molecule has 0 aliphatic rings. The normalized spacial score (nSPS) is 10.5. The molecule has 2 aromatic rings. The molecule has 0 fully saturated rings. The fraction of sp³-hybridized carbons (Fsp3) is 0.333. The van der Waals surface area contributed by atoms with Gasteiger partial charge in [0, 0.05) is 12.6 Å². The molecule has 112 valence electrons. The van der Waals surface area contributed by atoms with Crippen molar-refractivity contribution in [2.75, 3.05) is 19.5 Å². The third-order valence-corrected chi connectivity index (χ3v) is 4.48. The number of halogens is 2. The van der Waals surface area contributed by atoms with Crippen LogP contribution in [-0.4, -0.2) is 24.1 Å². The van der Waals surface area contributed by atoms with E-state index in [4.69, 9.17) is 16.3 Å². The smallest absolute Gasteiger partial charge is 0.161 e. The number of nitrogens with zero attached hydrogens (tertiary/aromatic N) is 2. The number of hydrogen-bond donors (Lipinski definition) is 1. The van der Waals surface area contributed by atoms with E-state index in [1.165, 1.54) is 0 Å². The summed E-state index contributed by atoms with van der Waals surface area (Å²) < 4.78 is 6.25. The standard InChI is InChI=1S/C15H17ClIN3O/c1-4-5-11-13(17)15(18-2)20-14(19-11)9-6-7-12(21-3)10(16)8-9/h6-8H,4-5H2,1-3H3,(H,18,19,20). The van der Waals surface area contributed by atoms with Gasteiger partial charge in [0.1, 0.15) is 11.6 Å². The van der Waals surface area contributed by atoms with Crippen molar-refractivity contribution in [2.45, 2.75) is 19.8 Å². The Hall–Kier alpha value is -1.08. The lowest BCUT2D eigenvalue weighted by atomic mass is 10.2. The van der Waals surface area contributed by atoms with Crippen LogP contribution >= 0.6 is 34.2 Å². The molecule has 21 heavy (non-hydrogen) atoms. The zero-order valence-corrected chi connectivity index (χ0v) is 15.1. The van der Waals surface area contributed by atoms with E-state index < -0.39 is 0 Å². The van der Waals surface area contributed by atoms with Crippen molar-refractivity contribution in [3.8, 4) is 17.1 Å². The summed E-state index contributed by atoms with van der Waals surface area (Å²) in [7, 11) is 3.46. The Morgan fingerprint density at radius 3 is 2.67 bits per heavy atom. The number of hydrogen-bond acceptors (Lipinski definition) is 4. The topological polar surface area (TPSA) is 47.0 Å². The van der Waals surface area contributed by atoms with Crippen LogP contribution in [0.1, 0.15) is 19.0 Å². The van der Waals surface area contributed by atoms with Crippen LogP contribution in [-0.2, 0) is 6.42 Å². The molecule has 2 rings (SSSR count). The number of nitrogens with one attached hydrogen (secondary N) is 1. The summed E-state index contributed by atoms with van der Waals surface area (Å²) in [5.74, 6) is 2.16. The van der Waals surface area contributed by atoms with E-state index in [9.17, 15) is 0 Å². The van der Waals surface area contributed by atoms with Gasteiger partial charge in [-0.2, -0.15) is 0 Å². The maximum atomic E-state index is 6.19. The Balaban J connectivity index is 2.52. The van der Waals surface area contributed by atoms with E-state index in [2.05, 4.69) is 44.8 Å². The number of ether oxygens (including phenoxy) is 1. The molecule has 0 saturated carbocycles. The van der Waals surface area contributed by atoms with E-state index in [-0.39, 0.29) is 0 Å². The van der Waals surface area contributed by atoms with Gasteiger partial charge < -0.3 is 10.1 Å². The summed E-state index contributed by atoms with van der Waals surface area (Å²) in [5.41, 5.74) is 1.94. The number of rotatable bonds is 5. The molecule has 0 atom stereocenters. The van der Waals surface area contributed by atoms with Crippen LogP contribution in [0.5, 0.6) is 5.75 Å². The fourth-order valence-electron chi connectivity index (χ4n) is 2.00. The Kier molecular flexibility index (Phi) is 5.64. The van der Waals surface area contributed by atoms with Gasteiger partial charge in [0.05, 0.1) is 21.4 Å². The molecular formula is C15H17ClIN3O. The lowest BCUT2D eigenvalue weighted by Gasteiger charge is -2.11. The van der Waals surface area contributed by atoms with Gasteiger partial charge >= 0.3 is 0 Å². The Bertz CT molecular complexity index is 649. The third-order valence-electron chi connectivity index (χ3n) is 3.05. The highest BCUT2D eigenvalue weighted by Crippen LogP contribution is 2.30. The largest absolute Gasteiger partial charge is 0.495 e. The molecule has 0 aliphatic heterocycles. The van der Waals surface area contributed by atoms with E-state index in [1.54, 1.807) is 7.11 Å². The third kappa shape index (κ3) is 3.58. The quantitative estimate of drug-likeness (QED) is 0.732. The molecule has 0 aliphatic carbocycles. The lowest BCUT2D eigenvalue weighted by Crippen LogP contribution is -2.05. The monoisotopic (exact) mass is 417 g/mol. The second-order valence-electron chi connectivity index (χ2n) is 4.51. The molecule has 6 heteroatoms. The van der Waals surface area contributed by atoms with Crippen LogP contribution in [0.2, 0.25) is 5.02 Å². The van der Waals surface area contributed by atoms with Crippen LogP contribution in [0, 0.1) is 3.57 Å². The summed E-state index contributed by atoms with van der Waals surface area (Å²) in [6, 6.07) is 5.58. The van der Waals surface area contributed by atoms with Crippen LogP contribution in [0.25, 0.3) is 11.4 Å². The van der Waals surface area contributed by atoms with Gasteiger partial charge in [0.2, 0.25) is 0 Å². The minimum atomic E-state index is 0.556. The molecular weight excluding hydrogens is 401 g/mol. The van der Waals surface area contributed by atoms with Gasteiger partial charge in [-0.15, -0.1) is 0 Å². The molecule has 1 aromatic carbocycles. The molecule has 0 saturated heterocycles. The first-order valence-corrected chi connectivity index (χ1v) is 8.14. The molecule has 0 amide bonds. The number of aromatic nitrogens is 2. The van der Waals surface area contributed by atoms with Crippen molar-refractivity contribution < 1.29 is 4.74 Å². The average Bonchev–Trinajstić information content (AvgIpc) is 2.49. The maximum absolute atomic E-state index is 6.19. The zero-order valence-electron chi connectivity index (χ0n) is 12.2. The SMILES string of the molecule is CCCc1nc(-c2ccc(OC)c(Cl)c2)nc(NC)c1I. The van der Waals surface area contributed by atoms with Crippen molar-refractivity contribution in [2.24, 2.45) is 0 Å². The van der Waals surface area contributed by atoms with E-state index in [1.807, 2.05) is 25.2 Å². The van der Waals surface area contributed by atoms with Crippen molar-refractivity contribution in [1.82, 2.24) is 9.97 Å². The van der Waals surface area contributed by atoms with Crippen molar-refractivity contribution in [1.29, 1.82) is 0 Å². The highest BCUT2D eigenvalue weighted by molar-refractivity contribution is 14.1. The van der Waals surface area contributed by atoms with Gasteiger partial charge in [-0.25, -0.2) is 9.97 Å². The predicted octanol–water partition coefficient (Wildman–Crippen LogP) is 4.40. The average molecular weight is 418 g/mol. The zero-order chi connectivity index (χ0) is 15.4. The van der Waals surface area contributed by atoms with E-state index in [0.29, 0.717) is 16.6 Å². The van der Waals surface area contributed by atoms with Crippen molar-refractivity contribution >= 4 is 40.0 Å². The molecule has 4 nitrogen and oxygen atoms in total. The highest BCUT2D eigenvalue weighted by Gasteiger charge is 2.13. The Morgan fingerprint density at radius 2 is 2.10 bits per heavy atom. The summed E-state index contributed by atoms with van der Waals surface area (Å²) >= 11 is 8.47. The van der Waals surface area contributed by atoms with Gasteiger partial charge in [-0.05, 0) is 47.2 Å². The Morgan fingerprint density at radius 1 is 1.33 bits per heavy atom. The maximum Gasteiger partial charge on any atom is 0.161 e. The summed E-state index contributed by atoms with van der Waals surface area (Å²) in [5, 5.41) is 3.68. The second-order valence-corrected chi connectivity index (χ2v) is 5.99. The van der Waals surface area contributed by atoms with Gasteiger partial charge in [0.15, 0.2) is 5.82 Å². The number of anilines is 1. The first-order chi connectivity index (χ1) is 10.1. The van der Waals surface area contributed by atoms with Crippen molar-refractivity contribution in [3.05, 3.63) is 32.5 Å². The molecule has 0 bridgehead atoms. The summed E-state index contributed by atoms with van der Waals surface area (Å²) in [6.07, 6.45) is 1.96. The molecule has 1 aromatic heterocycles. The van der Waals surface area contributed by atoms with Crippen LogP contribution < -0.4 is 10.1 Å². The lowest BCUT2D eigenvalue weighted by molar-refractivity contribution is 0.415. The molecule has 0 radical (unpaired) electrons. The molecule has 0 spiro atoms. The van der Waals surface area contributed by atoms with Crippen LogP contribution in [0.15, 0.2) is 18.2 Å². The first-order valence-electron chi connectivity index (χ1n) is 6.68. The first kappa shape index (κ1) is 16.3. The Labute approximate surface area is 143 Å².